The van der Waals surface area contributed by atoms with Gasteiger partial charge in [-0.25, -0.2) is 4.79 Å². The van der Waals surface area contributed by atoms with Crippen molar-refractivity contribution in [1.29, 1.82) is 5.41 Å². The molecule has 6 nitrogen and oxygen atoms in total. The lowest BCUT2D eigenvalue weighted by Crippen LogP contribution is -2.12. The molecule has 22 heavy (non-hydrogen) atoms. The molecule has 2 aromatic carbocycles. The lowest BCUT2D eigenvalue weighted by molar-refractivity contribution is -0.114. The van der Waals surface area contributed by atoms with Crippen molar-refractivity contribution in [3.63, 3.8) is 0 Å². The number of hydrogen-bond acceptors (Lipinski definition) is 4. The van der Waals surface area contributed by atoms with Crippen molar-refractivity contribution in [3.8, 4) is 5.75 Å². The maximum atomic E-state index is 12.0. The van der Waals surface area contributed by atoms with Crippen LogP contribution >= 0.6 is 0 Å². The SMILES string of the molecule is CC(=O)Nc1ccc(OC(=O)c2ccc(C(=N)N)cc2)cc1. The fraction of sp³-hybridized carbons (Fsp3) is 0.0625. The van der Waals surface area contributed by atoms with E-state index < -0.39 is 5.97 Å². The van der Waals surface area contributed by atoms with E-state index in [2.05, 4.69) is 5.32 Å². The zero-order chi connectivity index (χ0) is 16.1. The monoisotopic (exact) mass is 297 g/mol. The van der Waals surface area contributed by atoms with E-state index in [1.165, 1.54) is 6.92 Å². The molecular weight excluding hydrogens is 282 g/mol. The number of carbonyl (C=O) groups excluding carboxylic acids is 2. The third-order valence-corrected chi connectivity index (χ3v) is 2.82. The fourth-order valence-corrected chi connectivity index (χ4v) is 1.76. The van der Waals surface area contributed by atoms with Crippen molar-refractivity contribution in [1.82, 2.24) is 0 Å². The van der Waals surface area contributed by atoms with Gasteiger partial charge in [0.15, 0.2) is 0 Å². The van der Waals surface area contributed by atoms with E-state index in [4.69, 9.17) is 15.9 Å². The third kappa shape index (κ3) is 3.92. The summed E-state index contributed by atoms with van der Waals surface area (Å²) in [4.78, 5) is 22.9. The summed E-state index contributed by atoms with van der Waals surface area (Å²) in [6.07, 6.45) is 0. The molecule has 0 unspecified atom stereocenters. The third-order valence-electron chi connectivity index (χ3n) is 2.82. The summed E-state index contributed by atoms with van der Waals surface area (Å²) < 4.78 is 5.22. The Labute approximate surface area is 127 Å². The second kappa shape index (κ2) is 6.53. The largest absolute Gasteiger partial charge is 0.423 e. The van der Waals surface area contributed by atoms with Gasteiger partial charge in [-0.1, -0.05) is 12.1 Å². The minimum atomic E-state index is -0.512. The van der Waals surface area contributed by atoms with Crippen LogP contribution in [-0.4, -0.2) is 17.7 Å². The summed E-state index contributed by atoms with van der Waals surface area (Å²) >= 11 is 0. The molecule has 0 saturated heterocycles. The van der Waals surface area contributed by atoms with Gasteiger partial charge in [0, 0.05) is 18.2 Å². The van der Waals surface area contributed by atoms with Gasteiger partial charge in [0.05, 0.1) is 5.56 Å². The van der Waals surface area contributed by atoms with E-state index in [-0.39, 0.29) is 11.7 Å². The number of nitrogens with two attached hydrogens (primary N) is 1. The van der Waals surface area contributed by atoms with Crippen molar-refractivity contribution < 1.29 is 14.3 Å². The van der Waals surface area contributed by atoms with Gasteiger partial charge in [0.25, 0.3) is 0 Å². The molecular formula is C16H15N3O3. The Morgan fingerprint density at radius 2 is 1.55 bits per heavy atom. The first kappa shape index (κ1) is 15.2. The molecule has 2 aromatic rings. The Morgan fingerprint density at radius 1 is 1.00 bits per heavy atom. The molecule has 0 aliphatic heterocycles. The Hall–Kier alpha value is -3.15. The number of rotatable bonds is 4. The normalized spacial score (nSPS) is 9.86. The number of nitrogens with one attached hydrogen (secondary N) is 2. The Balaban J connectivity index is 2.05. The van der Waals surface area contributed by atoms with E-state index in [1.54, 1.807) is 48.5 Å². The van der Waals surface area contributed by atoms with Crippen molar-refractivity contribution in [2.75, 3.05) is 5.32 Å². The van der Waals surface area contributed by atoms with Crippen LogP contribution in [0.5, 0.6) is 5.75 Å². The van der Waals surface area contributed by atoms with E-state index in [9.17, 15) is 9.59 Å². The first-order valence-electron chi connectivity index (χ1n) is 6.50. The molecule has 2 rings (SSSR count). The predicted molar refractivity (Wildman–Crippen MR) is 83.2 cm³/mol. The van der Waals surface area contributed by atoms with Crippen LogP contribution in [0.2, 0.25) is 0 Å². The number of anilines is 1. The standard InChI is InChI=1S/C16H15N3O3/c1-10(20)19-13-6-8-14(9-7-13)22-16(21)12-4-2-11(3-5-12)15(17)18/h2-9H,1H3,(H3,17,18)(H,19,20). The maximum absolute atomic E-state index is 12.0. The van der Waals surface area contributed by atoms with Crippen LogP contribution in [0.1, 0.15) is 22.8 Å². The van der Waals surface area contributed by atoms with Crippen LogP contribution < -0.4 is 15.8 Å². The van der Waals surface area contributed by atoms with Gasteiger partial charge in [-0.05, 0) is 36.4 Å². The van der Waals surface area contributed by atoms with Crippen LogP contribution in [0.4, 0.5) is 5.69 Å². The van der Waals surface area contributed by atoms with Crippen molar-refractivity contribution in [3.05, 3.63) is 59.7 Å². The minimum Gasteiger partial charge on any atom is -0.423 e. The smallest absolute Gasteiger partial charge is 0.343 e. The molecule has 0 bridgehead atoms. The zero-order valence-corrected chi connectivity index (χ0v) is 11.9. The van der Waals surface area contributed by atoms with Crippen molar-refractivity contribution in [2.24, 2.45) is 5.73 Å². The average molecular weight is 297 g/mol. The summed E-state index contributed by atoms with van der Waals surface area (Å²) in [7, 11) is 0. The van der Waals surface area contributed by atoms with Gasteiger partial charge in [0.1, 0.15) is 11.6 Å². The van der Waals surface area contributed by atoms with Crippen molar-refractivity contribution >= 4 is 23.4 Å². The number of carbonyl (C=O) groups is 2. The highest BCUT2D eigenvalue weighted by Crippen LogP contribution is 2.17. The quantitative estimate of drug-likeness (QED) is 0.348. The van der Waals surface area contributed by atoms with E-state index >= 15 is 0 Å². The Morgan fingerprint density at radius 3 is 2.05 bits per heavy atom. The molecule has 6 heteroatoms. The molecule has 0 fully saturated rings. The second-order valence-corrected chi connectivity index (χ2v) is 4.59. The van der Waals surface area contributed by atoms with Gasteiger partial charge in [-0.2, -0.15) is 0 Å². The summed E-state index contributed by atoms with van der Waals surface area (Å²) in [5.41, 5.74) is 6.87. The maximum Gasteiger partial charge on any atom is 0.343 e. The highest BCUT2D eigenvalue weighted by atomic mass is 16.5. The molecule has 0 radical (unpaired) electrons. The van der Waals surface area contributed by atoms with E-state index in [0.717, 1.165) is 0 Å². The first-order chi connectivity index (χ1) is 10.5. The molecule has 0 atom stereocenters. The van der Waals surface area contributed by atoms with Gasteiger partial charge < -0.3 is 15.8 Å². The molecule has 4 N–H and O–H groups in total. The number of amidine groups is 1. The highest BCUT2D eigenvalue weighted by Gasteiger charge is 2.09. The van der Waals surface area contributed by atoms with Gasteiger partial charge in [0.2, 0.25) is 5.91 Å². The zero-order valence-electron chi connectivity index (χ0n) is 11.9. The molecule has 1 amide bonds. The number of esters is 1. The molecule has 0 aliphatic carbocycles. The lowest BCUT2D eigenvalue weighted by Gasteiger charge is -2.06. The minimum absolute atomic E-state index is 0.0616. The predicted octanol–water partition coefficient (Wildman–Crippen LogP) is 2.15. The lowest BCUT2D eigenvalue weighted by atomic mass is 10.1. The number of hydrogen-bond donors (Lipinski definition) is 3. The van der Waals surface area contributed by atoms with Crippen LogP contribution in [-0.2, 0) is 4.79 Å². The van der Waals surface area contributed by atoms with E-state index in [1.807, 2.05) is 0 Å². The molecule has 0 heterocycles. The van der Waals surface area contributed by atoms with Crippen LogP contribution in [0, 0.1) is 5.41 Å². The Bertz CT molecular complexity index is 706. The molecule has 112 valence electrons. The molecule has 0 spiro atoms. The molecule has 0 saturated carbocycles. The highest BCUT2D eigenvalue weighted by molar-refractivity contribution is 5.97. The summed E-state index contributed by atoms with van der Waals surface area (Å²) in [6, 6.07) is 12.7. The summed E-state index contributed by atoms with van der Waals surface area (Å²) in [5, 5.41) is 9.92. The first-order valence-corrected chi connectivity index (χ1v) is 6.50. The van der Waals surface area contributed by atoms with E-state index in [0.29, 0.717) is 22.6 Å². The number of nitrogen functional groups attached to an aromatic ring is 1. The van der Waals surface area contributed by atoms with Gasteiger partial charge in [-0.3, -0.25) is 10.2 Å². The fourth-order valence-electron chi connectivity index (χ4n) is 1.76. The summed E-state index contributed by atoms with van der Waals surface area (Å²) in [6.45, 7) is 1.42. The average Bonchev–Trinajstić information content (AvgIpc) is 2.49. The number of ether oxygens (including phenoxy) is 1. The molecule has 0 aliphatic rings. The van der Waals surface area contributed by atoms with Crippen LogP contribution in [0.15, 0.2) is 48.5 Å². The van der Waals surface area contributed by atoms with Crippen LogP contribution in [0.3, 0.4) is 0 Å². The molecule has 0 aromatic heterocycles. The van der Waals surface area contributed by atoms with Gasteiger partial charge in [-0.15, -0.1) is 0 Å². The van der Waals surface area contributed by atoms with Crippen LogP contribution in [0.25, 0.3) is 0 Å². The number of amides is 1. The van der Waals surface area contributed by atoms with Gasteiger partial charge >= 0.3 is 5.97 Å². The summed E-state index contributed by atoms with van der Waals surface area (Å²) in [5.74, 6) is -0.374. The topological polar surface area (TPSA) is 105 Å². The number of benzene rings is 2. The second-order valence-electron chi connectivity index (χ2n) is 4.59. The van der Waals surface area contributed by atoms with Crippen molar-refractivity contribution in [2.45, 2.75) is 6.92 Å². The Kier molecular flexibility index (Phi) is 4.53.